The standard InChI is InChI=1S/C8H15N5O/c1-10-6-5-7(12-8(9)11-6)13(2)3-4-14/h5,14H,3-4H2,1-2H3,(H3,9,10,11,12). The van der Waals surface area contributed by atoms with Crippen molar-refractivity contribution in [3.63, 3.8) is 0 Å². The van der Waals surface area contributed by atoms with Crippen molar-refractivity contribution in [1.82, 2.24) is 9.97 Å². The molecule has 0 aliphatic carbocycles. The minimum absolute atomic E-state index is 0.0787. The Bertz CT molecular complexity index is 304. The van der Waals surface area contributed by atoms with Gasteiger partial charge >= 0.3 is 0 Å². The number of nitrogens with zero attached hydrogens (tertiary/aromatic N) is 3. The van der Waals surface area contributed by atoms with E-state index in [0.717, 1.165) is 0 Å². The number of nitrogen functional groups attached to an aromatic ring is 1. The van der Waals surface area contributed by atoms with Gasteiger partial charge in [-0.05, 0) is 0 Å². The highest BCUT2D eigenvalue weighted by Gasteiger charge is 2.05. The summed E-state index contributed by atoms with van der Waals surface area (Å²) in [6.07, 6.45) is 0. The first-order valence-electron chi connectivity index (χ1n) is 4.31. The third-order valence-electron chi connectivity index (χ3n) is 1.81. The molecule has 6 nitrogen and oxygen atoms in total. The molecule has 0 radical (unpaired) electrons. The van der Waals surface area contributed by atoms with Gasteiger partial charge in [0, 0.05) is 26.7 Å². The highest BCUT2D eigenvalue weighted by atomic mass is 16.3. The van der Waals surface area contributed by atoms with E-state index in [4.69, 9.17) is 10.8 Å². The molecular formula is C8H15N5O. The largest absolute Gasteiger partial charge is 0.395 e. The zero-order valence-corrected chi connectivity index (χ0v) is 8.36. The summed E-state index contributed by atoms with van der Waals surface area (Å²) < 4.78 is 0. The predicted octanol–water partition coefficient (Wildman–Crippen LogP) is -0.471. The topological polar surface area (TPSA) is 87.3 Å². The predicted molar refractivity (Wildman–Crippen MR) is 56.3 cm³/mol. The van der Waals surface area contributed by atoms with Crippen LogP contribution in [0.3, 0.4) is 0 Å². The van der Waals surface area contributed by atoms with E-state index in [1.165, 1.54) is 0 Å². The van der Waals surface area contributed by atoms with Gasteiger partial charge in [-0.2, -0.15) is 9.97 Å². The summed E-state index contributed by atoms with van der Waals surface area (Å²) >= 11 is 0. The molecule has 1 aromatic rings. The normalized spacial score (nSPS) is 9.93. The van der Waals surface area contributed by atoms with Crippen molar-refractivity contribution in [3.8, 4) is 0 Å². The van der Waals surface area contributed by atoms with Gasteiger partial charge in [0.1, 0.15) is 11.6 Å². The Morgan fingerprint density at radius 2 is 2.29 bits per heavy atom. The molecule has 0 aromatic carbocycles. The first-order valence-corrected chi connectivity index (χ1v) is 4.31. The maximum atomic E-state index is 8.76. The van der Waals surface area contributed by atoms with Crippen LogP contribution in [-0.4, -0.2) is 42.3 Å². The van der Waals surface area contributed by atoms with E-state index in [-0.39, 0.29) is 12.6 Å². The third kappa shape index (κ3) is 2.46. The zero-order valence-electron chi connectivity index (χ0n) is 8.36. The van der Waals surface area contributed by atoms with Crippen LogP contribution >= 0.6 is 0 Å². The molecule has 6 heteroatoms. The van der Waals surface area contributed by atoms with Crippen molar-refractivity contribution in [3.05, 3.63) is 6.07 Å². The Morgan fingerprint density at radius 1 is 1.57 bits per heavy atom. The number of hydrogen-bond donors (Lipinski definition) is 3. The zero-order chi connectivity index (χ0) is 10.6. The Morgan fingerprint density at radius 3 is 2.86 bits per heavy atom. The Kier molecular flexibility index (Phi) is 3.47. The van der Waals surface area contributed by atoms with Crippen molar-refractivity contribution < 1.29 is 5.11 Å². The molecule has 0 unspecified atom stereocenters. The number of rotatable bonds is 4. The van der Waals surface area contributed by atoms with Gasteiger partial charge in [0.05, 0.1) is 6.61 Å². The van der Waals surface area contributed by atoms with Crippen molar-refractivity contribution >= 4 is 17.6 Å². The average molecular weight is 197 g/mol. The smallest absolute Gasteiger partial charge is 0.223 e. The number of hydrogen-bond acceptors (Lipinski definition) is 6. The molecule has 78 valence electrons. The van der Waals surface area contributed by atoms with Gasteiger partial charge in [-0.3, -0.25) is 0 Å². The lowest BCUT2D eigenvalue weighted by Crippen LogP contribution is -2.22. The molecule has 4 N–H and O–H groups in total. The molecule has 0 saturated carbocycles. The Labute approximate surface area is 82.8 Å². The minimum Gasteiger partial charge on any atom is -0.395 e. The Balaban J connectivity index is 2.90. The summed E-state index contributed by atoms with van der Waals surface area (Å²) in [6, 6.07) is 1.77. The first-order chi connectivity index (χ1) is 6.67. The molecule has 1 aromatic heterocycles. The number of aliphatic hydroxyl groups is 1. The first kappa shape index (κ1) is 10.5. The van der Waals surface area contributed by atoms with Gasteiger partial charge in [-0.25, -0.2) is 0 Å². The van der Waals surface area contributed by atoms with Crippen LogP contribution in [0.2, 0.25) is 0 Å². The molecule has 0 atom stereocenters. The minimum atomic E-state index is 0.0787. The molecule has 0 aliphatic rings. The maximum Gasteiger partial charge on any atom is 0.223 e. The Hall–Kier alpha value is -1.56. The molecule has 1 heterocycles. The van der Waals surface area contributed by atoms with E-state index in [2.05, 4.69) is 15.3 Å². The summed E-state index contributed by atoms with van der Waals surface area (Å²) in [4.78, 5) is 9.81. The van der Waals surface area contributed by atoms with E-state index in [1.807, 2.05) is 7.05 Å². The lowest BCUT2D eigenvalue weighted by molar-refractivity contribution is 0.304. The fourth-order valence-electron chi connectivity index (χ4n) is 1.04. The SMILES string of the molecule is CNc1cc(N(C)CCO)nc(N)n1. The molecule has 0 amide bonds. The monoisotopic (exact) mass is 197 g/mol. The second kappa shape index (κ2) is 4.61. The summed E-state index contributed by atoms with van der Waals surface area (Å²) in [6.45, 7) is 0.592. The molecule has 0 fully saturated rings. The lowest BCUT2D eigenvalue weighted by Gasteiger charge is -2.17. The average Bonchev–Trinajstić information content (AvgIpc) is 2.17. The van der Waals surface area contributed by atoms with Crippen LogP contribution in [-0.2, 0) is 0 Å². The fraction of sp³-hybridized carbons (Fsp3) is 0.500. The van der Waals surface area contributed by atoms with E-state index >= 15 is 0 Å². The van der Waals surface area contributed by atoms with Crippen LogP contribution in [0.25, 0.3) is 0 Å². The number of nitrogens with one attached hydrogen (secondary N) is 1. The number of likely N-dealkylation sites (N-methyl/N-ethyl adjacent to an activating group) is 1. The number of aromatic nitrogens is 2. The second-order valence-corrected chi connectivity index (χ2v) is 2.86. The molecule has 1 rings (SSSR count). The molecule has 0 bridgehead atoms. The van der Waals surface area contributed by atoms with Gasteiger partial charge in [0.2, 0.25) is 5.95 Å². The summed E-state index contributed by atoms with van der Waals surface area (Å²) in [5, 5.41) is 11.6. The van der Waals surface area contributed by atoms with E-state index in [0.29, 0.717) is 18.2 Å². The molecule has 14 heavy (non-hydrogen) atoms. The van der Waals surface area contributed by atoms with Crippen LogP contribution in [0.5, 0.6) is 0 Å². The van der Waals surface area contributed by atoms with Crippen molar-refractivity contribution in [2.75, 3.05) is 43.2 Å². The van der Waals surface area contributed by atoms with Gasteiger partial charge in [0.15, 0.2) is 0 Å². The van der Waals surface area contributed by atoms with Crippen molar-refractivity contribution in [1.29, 1.82) is 0 Å². The van der Waals surface area contributed by atoms with Crippen LogP contribution in [0, 0.1) is 0 Å². The van der Waals surface area contributed by atoms with Crippen LogP contribution in [0.1, 0.15) is 0 Å². The van der Waals surface area contributed by atoms with Gasteiger partial charge in [-0.1, -0.05) is 0 Å². The number of aliphatic hydroxyl groups excluding tert-OH is 1. The fourth-order valence-corrected chi connectivity index (χ4v) is 1.04. The summed E-state index contributed by atoms with van der Waals surface area (Å²) in [5.41, 5.74) is 5.52. The van der Waals surface area contributed by atoms with Gasteiger partial charge in [0.25, 0.3) is 0 Å². The maximum absolute atomic E-state index is 8.76. The molecule has 0 aliphatic heterocycles. The third-order valence-corrected chi connectivity index (χ3v) is 1.81. The van der Waals surface area contributed by atoms with Crippen LogP contribution < -0.4 is 16.0 Å². The van der Waals surface area contributed by atoms with Crippen molar-refractivity contribution in [2.45, 2.75) is 0 Å². The summed E-state index contributed by atoms with van der Waals surface area (Å²) in [7, 11) is 3.59. The lowest BCUT2D eigenvalue weighted by atomic mass is 10.4. The van der Waals surface area contributed by atoms with E-state index in [9.17, 15) is 0 Å². The number of nitrogens with two attached hydrogens (primary N) is 1. The molecule has 0 saturated heterocycles. The van der Waals surface area contributed by atoms with Crippen molar-refractivity contribution in [2.24, 2.45) is 0 Å². The second-order valence-electron chi connectivity index (χ2n) is 2.86. The van der Waals surface area contributed by atoms with Gasteiger partial charge in [-0.15, -0.1) is 0 Å². The number of anilines is 3. The highest BCUT2D eigenvalue weighted by Crippen LogP contribution is 2.14. The quantitative estimate of drug-likeness (QED) is 0.605. The molecule has 0 spiro atoms. The molecular weight excluding hydrogens is 182 g/mol. The van der Waals surface area contributed by atoms with Crippen LogP contribution in [0.4, 0.5) is 17.6 Å². The van der Waals surface area contributed by atoms with Gasteiger partial charge < -0.3 is 21.1 Å². The van der Waals surface area contributed by atoms with E-state index in [1.54, 1.807) is 18.0 Å². The highest BCUT2D eigenvalue weighted by molar-refractivity contribution is 5.51. The van der Waals surface area contributed by atoms with Crippen LogP contribution in [0.15, 0.2) is 6.07 Å². The summed E-state index contributed by atoms with van der Waals surface area (Å²) in [5.74, 6) is 1.57. The van der Waals surface area contributed by atoms with E-state index < -0.39 is 0 Å².